The second kappa shape index (κ2) is 12.1. The fourth-order valence-electron chi connectivity index (χ4n) is 7.17. The van der Waals surface area contributed by atoms with Crippen molar-refractivity contribution in [2.75, 3.05) is 4.90 Å². The first kappa shape index (κ1) is 32.7. The van der Waals surface area contributed by atoms with Crippen molar-refractivity contribution < 1.29 is 30.2 Å². The molecule has 0 saturated heterocycles. The lowest BCUT2D eigenvalue weighted by atomic mass is 10.0. The van der Waals surface area contributed by atoms with Crippen molar-refractivity contribution in [3.05, 3.63) is 146 Å². The van der Waals surface area contributed by atoms with Gasteiger partial charge in [0.25, 0.3) is 0 Å². The van der Waals surface area contributed by atoms with Gasteiger partial charge in [-0.25, -0.2) is 0 Å². The maximum absolute atomic E-state index is 13.8. The van der Waals surface area contributed by atoms with E-state index in [0.717, 1.165) is 79.4 Å². The Morgan fingerprint density at radius 3 is 2.02 bits per heavy atom. The van der Waals surface area contributed by atoms with Crippen LogP contribution in [0.1, 0.15) is 0 Å². The van der Waals surface area contributed by atoms with Crippen LogP contribution in [0.15, 0.2) is 150 Å². The molecule has 0 aliphatic rings. The van der Waals surface area contributed by atoms with Crippen LogP contribution in [0.2, 0.25) is 0 Å². The van der Waals surface area contributed by atoms with Gasteiger partial charge in [-0.05, 0) is 77.9 Å². The average molecular weight is 772 g/mol. The molecule has 5 nitrogen and oxygen atoms in total. The molecule has 0 fully saturated rings. The van der Waals surface area contributed by atoms with Crippen LogP contribution in [0.4, 0.5) is 30.2 Å². The highest BCUT2D eigenvalue weighted by atomic mass is 32.2. The first-order valence-electron chi connectivity index (χ1n) is 16.8. The van der Waals surface area contributed by atoms with Crippen molar-refractivity contribution in [2.24, 2.45) is 0 Å². The van der Waals surface area contributed by atoms with Gasteiger partial charge in [0.1, 0.15) is 16.9 Å². The molecular formula is C43H24F3NO4S3. The quantitative estimate of drug-likeness (QED) is 0.124. The molecule has 0 unspecified atom stereocenters. The van der Waals surface area contributed by atoms with Crippen LogP contribution in [-0.4, -0.2) is 13.9 Å². The number of rotatable bonds is 6. The maximum Gasteiger partial charge on any atom is 0.534 e. The van der Waals surface area contributed by atoms with Crippen LogP contribution in [0.3, 0.4) is 0 Å². The van der Waals surface area contributed by atoms with Crippen molar-refractivity contribution in [3.63, 3.8) is 0 Å². The van der Waals surface area contributed by atoms with E-state index >= 15 is 0 Å². The normalized spacial score (nSPS) is 12.5. The first-order valence-corrected chi connectivity index (χ1v) is 19.8. The summed E-state index contributed by atoms with van der Waals surface area (Å²) in [5, 5.41) is 5.47. The Hall–Kier alpha value is -5.88. The Labute approximate surface area is 313 Å². The standard InChI is InChI=1S/C43H24F3NO4S3/c44-43(45,46)54(48,49)51-29-23-35-34-21-26(25-14-18-38-33(20-25)30-10-4-6-12-37(30)50-38)15-19-40(34)53-42(35)36(24-29)47(27-8-2-1-3-9-27)28-16-17-32-31-11-5-7-13-39(31)52-41(32)22-28/h1-24H. The molecule has 10 aromatic rings. The number of para-hydroxylation sites is 2. The molecule has 0 saturated carbocycles. The van der Waals surface area contributed by atoms with E-state index in [2.05, 4.69) is 24.3 Å². The molecule has 0 N–H and O–H groups in total. The molecule has 0 spiro atoms. The summed E-state index contributed by atoms with van der Waals surface area (Å²) >= 11 is 3.12. The van der Waals surface area contributed by atoms with Crippen LogP contribution in [-0.2, 0) is 10.1 Å². The molecule has 11 heteroatoms. The van der Waals surface area contributed by atoms with Crippen LogP contribution in [0.25, 0.3) is 73.4 Å². The number of hydrogen-bond acceptors (Lipinski definition) is 7. The van der Waals surface area contributed by atoms with Gasteiger partial charge in [0, 0.05) is 63.9 Å². The van der Waals surface area contributed by atoms with Gasteiger partial charge in [0.15, 0.2) is 0 Å². The number of benzene rings is 7. The Balaban J connectivity index is 1.21. The van der Waals surface area contributed by atoms with Gasteiger partial charge < -0.3 is 13.5 Å². The summed E-state index contributed by atoms with van der Waals surface area (Å²) < 4.78 is 80.9. The summed E-state index contributed by atoms with van der Waals surface area (Å²) in [6.45, 7) is 0. The van der Waals surface area contributed by atoms with E-state index in [1.165, 1.54) is 23.5 Å². The van der Waals surface area contributed by atoms with E-state index in [4.69, 9.17) is 8.60 Å². The summed E-state index contributed by atoms with van der Waals surface area (Å²) in [6.07, 6.45) is 0. The number of thiophene rings is 2. The predicted molar refractivity (Wildman–Crippen MR) is 215 cm³/mol. The first-order chi connectivity index (χ1) is 26.1. The number of alkyl halides is 3. The minimum atomic E-state index is -5.98. The Kier molecular flexibility index (Phi) is 7.32. The molecular weight excluding hydrogens is 748 g/mol. The number of hydrogen-bond donors (Lipinski definition) is 0. The number of anilines is 3. The smallest absolute Gasteiger partial charge is 0.456 e. The SMILES string of the molecule is O=S(=O)(Oc1cc(N(c2ccccc2)c2ccc3c(c2)sc2ccccc23)c2sc3ccc(-c4ccc5oc6ccccc6c5c4)cc3c2c1)C(F)(F)F. The van der Waals surface area contributed by atoms with Gasteiger partial charge in [-0.15, -0.1) is 22.7 Å². The van der Waals surface area contributed by atoms with Gasteiger partial charge >= 0.3 is 15.6 Å². The topological polar surface area (TPSA) is 59.8 Å². The van der Waals surface area contributed by atoms with Crippen molar-refractivity contribution in [1.29, 1.82) is 0 Å². The molecule has 0 amide bonds. The number of halogens is 3. The largest absolute Gasteiger partial charge is 0.534 e. The van der Waals surface area contributed by atoms with Gasteiger partial charge in [-0.2, -0.15) is 21.6 Å². The number of furan rings is 1. The lowest BCUT2D eigenvalue weighted by Gasteiger charge is -2.26. The van der Waals surface area contributed by atoms with Crippen LogP contribution < -0.4 is 9.08 Å². The lowest BCUT2D eigenvalue weighted by Crippen LogP contribution is -2.28. The van der Waals surface area contributed by atoms with Crippen molar-refractivity contribution in [2.45, 2.75) is 5.51 Å². The molecule has 3 heterocycles. The van der Waals surface area contributed by atoms with E-state index in [9.17, 15) is 21.6 Å². The van der Waals surface area contributed by atoms with Crippen LogP contribution >= 0.6 is 22.7 Å². The number of nitrogens with zero attached hydrogens (tertiary/aromatic N) is 1. The molecule has 0 atom stereocenters. The fraction of sp³-hybridized carbons (Fsp3) is 0.0233. The lowest BCUT2D eigenvalue weighted by molar-refractivity contribution is -0.0500. The third kappa shape index (κ3) is 5.30. The second-order valence-electron chi connectivity index (χ2n) is 12.9. The molecule has 0 radical (unpaired) electrons. The summed E-state index contributed by atoms with van der Waals surface area (Å²) in [5.74, 6) is -0.449. The van der Waals surface area contributed by atoms with Crippen molar-refractivity contribution in [1.82, 2.24) is 0 Å². The van der Waals surface area contributed by atoms with Gasteiger partial charge in [-0.1, -0.05) is 72.8 Å². The third-order valence-electron chi connectivity index (χ3n) is 9.60. The molecule has 264 valence electrons. The zero-order valence-corrected chi connectivity index (χ0v) is 30.2. The third-order valence-corrected chi connectivity index (χ3v) is 12.9. The van der Waals surface area contributed by atoms with Crippen molar-refractivity contribution >= 4 is 112 Å². The summed E-state index contributed by atoms with van der Waals surface area (Å²) in [6, 6.07) is 46.2. The highest BCUT2D eigenvalue weighted by Crippen LogP contribution is 2.49. The highest BCUT2D eigenvalue weighted by molar-refractivity contribution is 7.88. The van der Waals surface area contributed by atoms with Gasteiger partial charge in [0.05, 0.1) is 10.4 Å². The molecule has 0 bridgehead atoms. The van der Waals surface area contributed by atoms with Crippen molar-refractivity contribution in [3.8, 4) is 16.9 Å². The van der Waals surface area contributed by atoms with E-state index in [1.807, 2.05) is 114 Å². The minimum absolute atomic E-state index is 0.449. The Bertz CT molecular complexity index is 3220. The molecule has 3 aromatic heterocycles. The number of fused-ring (bicyclic) bond motifs is 9. The predicted octanol–water partition coefficient (Wildman–Crippen LogP) is 13.7. The summed E-state index contributed by atoms with van der Waals surface area (Å²) in [4.78, 5) is 1.94. The van der Waals surface area contributed by atoms with E-state index in [0.29, 0.717) is 11.1 Å². The van der Waals surface area contributed by atoms with E-state index < -0.39 is 21.4 Å². The molecule has 7 aromatic carbocycles. The molecule has 0 aliphatic carbocycles. The maximum atomic E-state index is 13.8. The highest BCUT2D eigenvalue weighted by Gasteiger charge is 2.48. The Morgan fingerprint density at radius 2 is 1.20 bits per heavy atom. The van der Waals surface area contributed by atoms with E-state index in [-0.39, 0.29) is 0 Å². The fourth-order valence-corrected chi connectivity index (χ4v) is 9.92. The second-order valence-corrected chi connectivity index (χ2v) is 16.5. The van der Waals surface area contributed by atoms with Crippen LogP contribution in [0, 0.1) is 0 Å². The van der Waals surface area contributed by atoms with Gasteiger partial charge in [0.2, 0.25) is 0 Å². The summed E-state index contributed by atoms with van der Waals surface area (Å²) in [5.41, 5.74) is -0.328. The molecule has 10 rings (SSSR count). The Morgan fingerprint density at radius 1 is 0.537 bits per heavy atom. The zero-order chi connectivity index (χ0) is 36.8. The van der Waals surface area contributed by atoms with Crippen LogP contribution in [0.5, 0.6) is 5.75 Å². The zero-order valence-electron chi connectivity index (χ0n) is 27.8. The molecule has 0 aliphatic heterocycles. The molecule has 54 heavy (non-hydrogen) atoms. The van der Waals surface area contributed by atoms with E-state index in [1.54, 1.807) is 11.3 Å². The average Bonchev–Trinajstić information content (AvgIpc) is 3.85. The summed E-state index contributed by atoms with van der Waals surface area (Å²) in [7, 11) is -5.98. The minimum Gasteiger partial charge on any atom is -0.456 e. The monoisotopic (exact) mass is 771 g/mol. The van der Waals surface area contributed by atoms with Gasteiger partial charge in [-0.3, -0.25) is 0 Å².